The van der Waals surface area contributed by atoms with E-state index in [1.54, 1.807) is 63.3 Å². The number of halogens is 1. The van der Waals surface area contributed by atoms with Crippen LogP contribution in [0.25, 0.3) is 11.1 Å². The van der Waals surface area contributed by atoms with E-state index in [0.29, 0.717) is 34.9 Å². The summed E-state index contributed by atoms with van der Waals surface area (Å²) < 4.78 is 1.42. The molecule has 6 rings (SSSR count). The molecule has 5 N–H and O–H groups in total. The van der Waals surface area contributed by atoms with Crippen LogP contribution < -0.4 is 21.3 Å². The van der Waals surface area contributed by atoms with Crippen molar-refractivity contribution in [1.82, 2.24) is 35.6 Å². The van der Waals surface area contributed by atoms with Crippen LogP contribution in [0.4, 0.5) is 10.5 Å². The van der Waals surface area contributed by atoms with Gasteiger partial charge in [0.15, 0.2) is 0 Å². The van der Waals surface area contributed by atoms with Crippen LogP contribution in [-0.4, -0.2) is 79.7 Å². The van der Waals surface area contributed by atoms with Crippen molar-refractivity contribution in [2.45, 2.75) is 70.2 Å². The van der Waals surface area contributed by atoms with Gasteiger partial charge in [-0.3, -0.25) is 24.0 Å². The molecule has 0 spiro atoms. The minimum Gasteiger partial charge on any atom is -0.384 e. The third kappa shape index (κ3) is 7.63. The molecule has 0 saturated carbocycles. The second kappa shape index (κ2) is 14.6. The number of hydrogen-bond acceptors (Lipinski definition) is 7. The van der Waals surface area contributed by atoms with Gasteiger partial charge in [-0.15, -0.1) is 0 Å². The molecule has 0 radical (unpaired) electrons. The lowest BCUT2D eigenvalue weighted by Gasteiger charge is -2.36. The first-order valence-electron chi connectivity index (χ1n) is 17.6. The van der Waals surface area contributed by atoms with Gasteiger partial charge in [-0.05, 0) is 90.0 Å². The van der Waals surface area contributed by atoms with Gasteiger partial charge in [-0.25, -0.2) is 4.79 Å². The van der Waals surface area contributed by atoms with E-state index in [0.717, 1.165) is 22.3 Å². The Bertz CT molecular complexity index is 2070. The Balaban J connectivity index is 1.27. The Labute approximate surface area is 313 Å². The molecule has 2 aromatic carbocycles. The van der Waals surface area contributed by atoms with Gasteiger partial charge in [-0.1, -0.05) is 37.6 Å². The predicted octanol–water partition coefficient (Wildman–Crippen LogP) is 3.98. The number of anilines is 1. The van der Waals surface area contributed by atoms with Gasteiger partial charge in [0.25, 0.3) is 5.91 Å². The minimum atomic E-state index is -1.15. The van der Waals surface area contributed by atoms with Crippen LogP contribution >= 0.6 is 11.6 Å². The third-order valence-electron chi connectivity index (χ3n) is 10.2. The summed E-state index contributed by atoms with van der Waals surface area (Å²) in [5.41, 5.74) is 2.92. The number of aliphatic hydroxyl groups is 1. The number of rotatable bonds is 11. The fraction of sp³-hybridized carbons (Fsp3) is 0.385. The predicted molar refractivity (Wildman–Crippen MR) is 201 cm³/mol. The second-order valence-corrected chi connectivity index (χ2v) is 15.1. The van der Waals surface area contributed by atoms with Crippen LogP contribution in [0.2, 0.25) is 5.02 Å². The van der Waals surface area contributed by atoms with Crippen molar-refractivity contribution in [3.8, 4) is 11.1 Å². The largest absolute Gasteiger partial charge is 0.384 e. The second-order valence-electron chi connectivity index (χ2n) is 14.7. The summed E-state index contributed by atoms with van der Waals surface area (Å²) in [5, 5.41) is 26.7. The molecule has 1 aliphatic carbocycles. The normalized spacial score (nSPS) is 18.8. The van der Waals surface area contributed by atoms with Crippen LogP contribution in [0.5, 0.6) is 0 Å². The van der Waals surface area contributed by atoms with E-state index in [1.165, 1.54) is 10.9 Å². The fourth-order valence-electron chi connectivity index (χ4n) is 7.09. The average molecular weight is 741 g/mol. The molecular formula is C39H45ClN8O5. The van der Waals surface area contributed by atoms with Crippen LogP contribution in [0.1, 0.15) is 60.6 Å². The number of aromatic nitrogens is 3. The molecule has 1 fully saturated rings. The number of benzene rings is 2. The van der Waals surface area contributed by atoms with Gasteiger partial charge < -0.3 is 31.3 Å². The summed E-state index contributed by atoms with van der Waals surface area (Å²) >= 11 is 6.70. The number of carbonyl (C=O) groups excluding carboxylic acids is 4. The zero-order valence-corrected chi connectivity index (χ0v) is 31.4. The molecule has 1 unspecified atom stereocenters. The number of nitrogens with zero attached hydrogens (tertiary/aromatic N) is 4. The van der Waals surface area contributed by atoms with E-state index >= 15 is 0 Å². The third-order valence-corrected chi connectivity index (χ3v) is 10.6. The highest BCUT2D eigenvalue weighted by Crippen LogP contribution is 2.38. The van der Waals surface area contributed by atoms with Crippen molar-refractivity contribution >= 4 is 41.0 Å². The smallest absolute Gasteiger partial charge is 0.318 e. The van der Waals surface area contributed by atoms with Crippen molar-refractivity contribution in [2.75, 3.05) is 18.9 Å². The number of hydrogen-bond donors (Lipinski definition) is 5. The first-order valence-corrected chi connectivity index (χ1v) is 18.0. The first kappa shape index (κ1) is 37.5. The molecule has 0 bridgehead atoms. The zero-order valence-electron chi connectivity index (χ0n) is 30.7. The Morgan fingerprint density at radius 3 is 2.43 bits per heavy atom. The summed E-state index contributed by atoms with van der Waals surface area (Å²) in [7, 11) is 3.21. The van der Waals surface area contributed by atoms with Crippen molar-refractivity contribution in [3.05, 3.63) is 100 Å². The molecule has 2 aliphatic rings. The van der Waals surface area contributed by atoms with E-state index in [4.69, 9.17) is 11.6 Å². The maximum absolute atomic E-state index is 14.1. The molecule has 53 heavy (non-hydrogen) atoms. The van der Waals surface area contributed by atoms with Gasteiger partial charge in [0, 0.05) is 63.0 Å². The van der Waals surface area contributed by atoms with E-state index in [9.17, 15) is 24.3 Å². The quantitative estimate of drug-likeness (QED) is 0.155. The Hall–Kier alpha value is -5.27. The number of likely N-dealkylation sites (N-methyl/N-ethyl adjacent to an activating group) is 1. The van der Waals surface area contributed by atoms with Crippen molar-refractivity contribution in [3.63, 3.8) is 0 Å². The molecule has 13 nitrogen and oxygen atoms in total. The van der Waals surface area contributed by atoms with Crippen LogP contribution in [0.3, 0.4) is 0 Å². The van der Waals surface area contributed by atoms with E-state index in [1.807, 2.05) is 44.2 Å². The molecule has 3 atom stereocenters. The maximum Gasteiger partial charge on any atom is 0.318 e. The minimum absolute atomic E-state index is 0.0529. The summed E-state index contributed by atoms with van der Waals surface area (Å²) in [6.45, 7) is 7.80. The van der Waals surface area contributed by atoms with E-state index < -0.39 is 29.0 Å². The lowest BCUT2D eigenvalue weighted by atomic mass is 9.91. The van der Waals surface area contributed by atoms with Gasteiger partial charge in [0.2, 0.25) is 11.8 Å². The summed E-state index contributed by atoms with van der Waals surface area (Å²) in [4.78, 5) is 60.2. The lowest BCUT2D eigenvalue weighted by Crippen LogP contribution is -2.60. The Morgan fingerprint density at radius 2 is 1.77 bits per heavy atom. The highest BCUT2D eigenvalue weighted by Gasteiger charge is 2.53. The molecule has 2 aromatic heterocycles. The maximum atomic E-state index is 14.1. The SMILES string of the molecule is CNC(=O)C1(N2C[C@@H](C(C)C)NC2=O)Cc2ccc(NC(=O)[C@H](Cc3cc(-c4ccnc(C(C)(C)O)c4)ccc3Cl)NC(=O)c3ccnn3C)cc2C1. The topological polar surface area (TPSA) is 171 Å². The van der Waals surface area contributed by atoms with Gasteiger partial charge >= 0.3 is 6.03 Å². The number of urea groups is 1. The van der Waals surface area contributed by atoms with Gasteiger partial charge in [0.1, 0.15) is 22.9 Å². The molecule has 4 aromatic rings. The Morgan fingerprint density at radius 1 is 1.04 bits per heavy atom. The number of nitrogens with one attached hydrogen (secondary N) is 4. The summed E-state index contributed by atoms with van der Waals surface area (Å²) in [6.07, 6.45) is 3.79. The molecule has 1 aliphatic heterocycles. The summed E-state index contributed by atoms with van der Waals surface area (Å²) in [5.74, 6) is -1.03. The molecule has 14 heteroatoms. The van der Waals surface area contributed by atoms with Crippen molar-refractivity contribution < 1.29 is 24.3 Å². The number of aryl methyl sites for hydroxylation is 1. The van der Waals surface area contributed by atoms with Crippen LogP contribution in [0, 0.1) is 5.92 Å². The Kier molecular flexibility index (Phi) is 10.3. The fourth-order valence-corrected chi connectivity index (χ4v) is 7.29. The standard InChI is InChI=1S/C39H45ClN8O5/c1-22(2)31-21-48(37(52)46-31)39(36(51)41-5)19-25-7-9-28(16-27(25)20-39)44-34(49)30(45-35(50)32-12-14-43-47(32)6)17-26-15-23(8-10-29(26)40)24-11-13-42-33(18-24)38(3,4)53/h7-16,18,22,30-31,53H,17,19-21H2,1-6H3,(H,41,51)(H,44,49)(H,45,50)(H,46,52)/t30-,31-,39?/m0/s1. The summed E-state index contributed by atoms with van der Waals surface area (Å²) in [6, 6.07) is 14.6. The highest BCUT2D eigenvalue weighted by atomic mass is 35.5. The number of pyridine rings is 1. The number of carbonyl (C=O) groups is 4. The number of fused-ring (bicyclic) bond motifs is 1. The number of amides is 5. The van der Waals surface area contributed by atoms with Crippen molar-refractivity contribution in [2.24, 2.45) is 13.0 Å². The first-order chi connectivity index (χ1) is 25.1. The van der Waals surface area contributed by atoms with Crippen molar-refractivity contribution in [1.29, 1.82) is 0 Å². The molecule has 1 saturated heterocycles. The van der Waals surface area contributed by atoms with Gasteiger partial charge in [0.05, 0.1) is 11.7 Å². The zero-order chi connectivity index (χ0) is 38.2. The molecule has 278 valence electrons. The monoisotopic (exact) mass is 740 g/mol. The van der Waals surface area contributed by atoms with E-state index in [2.05, 4.69) is 31.3 Å². The molecule has 5 amide bonds. The molecule has 3 heterocycles. The lowest BCUT2D eigenvalue weighted by molar-refractivity contribution is -0.130. The highest BCUT2D eigenvalue weighted by molar-refractivity contribution is 6.31. The van der Waals surface area contributed by atoms with Gasteiger partial charge in [-0.2, -0.15) is 5.10 Å². The molecular weight excluding hydrogens is 696 g/mol. The van der Waals surface area contributed by atoms with E-state index in [-0.39, 0.29) is 42.4 Å². The van der Waals surface area contributed by atoms with Crippen LogP contribution in [0.15, 0.2) is 67.0 Å². The van der Waals surface area contributed by atoms with Crippen LogP contribution in [-0.2, 0) is 41.5 Å². The average Bonchev–Trinajstić information content (AvgIpc) is 3.84.